The van der Waals surface area contributed by atoms with E-state index in [-0.39, 0.29) is 30.7 Å². The third-order valence-corrected chi connectivity index (χ3v) is 5.82. The van der Waals surface area contributed by atoms with Crippen molar-refractivity contribution in [1.29, 1.82) is 0 Å². The average Bonchev–Trinajstić information content (AvgIpc) is 3.23. The standard InChI is InChI=1S/C28H23F3N2O5/c1-17-25(32-27(36)37-15-14-21-4-2-3-5-23(21)28(29,30)31)26(33-38-17)22-12-10-20(11-13-22)19-8-6-18(7-9-19)16-24(34)35/h2-13H,14-16H2,1H3,(H,32,36)(H,34,35). The van der Waals surface area contributed by atoms with Crippen LogP contribution >= 0.6 is 0 Å². The third kappa shape index (κ3) is 6.39. The summed E-state index contributed by atoms with van der Waals surface area (Å²) in [5.74, 6) is -0.567. The lowest BCUT2D eigenvalue weighted by Crippen LogP contribution is -2.17. The number of alkyl halides is 3. The Bertz CT molecular complexity index is 1430. The van der Waals surface area contributed by atoms with E-state index in [2.05, 4.69) is 10.5 Å². The molecule has 0 saturated carbocycles. The van der Waals surface area contributed by atoms with E-state index in [9.17, 15) is 22.8 Å². The smallest absolute Gasteiger partial charge is 0.416 e. The molecule has 0 aliphatic carbocycles. The Hall–Kier alpha value is -4.60. The summed E-state index contributed by atoms with van der Waals surface area (Å²) in [6.07, 6.45) is -5.49. The number of carbonyl (C=O) groups excluding carboxylic acids is 1. The van der Waals surface area contributed by atoms with E-state index in [1.54, 1.807) is 31.2 Å². The number of benzene rings is 3. The molecule has 0 fully saturated rings. The quantitative estimate of drug-likeness (QED) is 0.264. The minimum Gasteiger partial charge on any atom is -0.481 e. The highest BCUT2D eigenvalue weighted by atomic mass is 19.4. The Morgan fingerprint density at radius 1 is 0.947 bits per heavy atom. The van der Waals surface area contributed by atoms with Gasteiger partial charge in [-0.3, -0.25) is 10.1 Å². The van der Waals surface area contributed by atoms with E-state index < -0.39 is 23.8 Å². The number of halogens is 3. The zero-order valence-electron chi connectivity index (χ0n) is 20.2. The van der Waals surface area contributed by atoms with Gasteiger partial charge in [0, 0.05) is 12.0 Å². The third-order valence-electron chi connectivity index (χ3n) is 5.82. The lowest BCUT2D eigenvalue weighted by Gasteiger charge is -2.13. The first kappa shape index (κ1) is 26.5. The minimum atomic E-state index is -4.49. The van der Waals surface area contributed by atoms with Gasteiger partial charge in [-0.05, 0) is 35.2 Å². The number of nitrogens with zero attached hydrogens (tertiary/aromatic N) is 1. The topological polar surface area (TPSA) is 102 Å². The van der Waals surface area contributed by atoms with Gasteiger partial charge < -0.3 is 14.4 Å². The molecule has 4 aromatic rings. The Labute approximate surface area is 215 Å². The van der Waals surface area contributed by atoms with Crippen LogP contribution in [0.3, 0.4) is 0 Å². The number of ether oxygens (including phenoxy) is 1. The molecular weight excluding hydrogens is 501 g/mol. The highest BCUT2D eigenvalue weighted by molar-refractivity contribution is 5.91. The van der Waals surface area contributed by atoms with E-state index >= 15 is 0 Å². The average molecular weight is 524 g/mol. The molecule has 0 spiro atoms. The number of aliphatic carboxylic acids is 1. The second-order valence-corrected chi connectivity index (χ2v) is 8.47. The summed E-state index contributed by atoms with van der Waals surface area (Å²) in [5, 5.41) is 15.5. The van der Waals surface area contributed by atoms with E-state index in [0.717, 1.165) is 17.2 Å². The lowest BCUT2D eigenvalue weighted by molar-refractivity contribution is -0.138. The first-order valence-electron chi connectivity index (χ1n) is 11.6. The van der Waals surface area contributed by atoms with Gasteiger partial charge in [0.15, 0.2) is 5.76 Å². The van der Waals surface area contributed by atoms with Crippen LogP contribution in [-0.2, 0) is 28.5 Å². The minimum absolute atomic E-state index is 0.0336. The summed E-state index contributed by atoms with van der Waals surface area (Å²) in [5.41, 5.74) is 3.07. The summed E-state index contributed by atoms with van der Waals surface area (Å²) >= 11 is 0. The zero-order chi connectivity index (χ0) is 27.3. The van der Waals surface area contributed by atoms with Crippen LogP contribution in [0.5, 0.6) is 0 Å². The molecule has 1 heterocycles. The van der Waals surface area contributed by atoms with Gasteiger partial charge in [-0.25, -0.2) is 4.79 Å². The fraction of sp³-hybridized carbons (Fsp3) is 0.179. The molecule has 2 N–H and O–H groups in total. The summed E-state index contributed by atoms with van der Waals surface area (Å²) in [6, 6.07) is 19.6. The van der Waals surface area contributed by atoms with Crippen LogP contribution in [-0.4, -0.2) is 28.9 Å². The van der Waals surface area contributed by atoms with E-state index in [1.165, 1.54) is 18.2 Å². The molecule has 1 aromatic heterocycles. The molecular formula is C28H23F3N2O5. The maximum atomic E-state index is 13.2. The maximum absolute atomic E-state index is 13.2. The molecule has 0 aliphatic rings. The van der Waals surface area contributed by atoms with Crippen LogP contribution in [0.2, 0.25) is 0 Å². The SMILES string of the molecule is Cc1onc(-c2ccc(-c3ccc(CC(=O)O)cc3)cc2)c1NC(=O)OCCc1ccccc1C(F)(F)F. The number of hydrogen-bond acceptors (Lipinski definition) is 5. The number of nitrogens with one attached hydrogen (secondary N) is 1. The summed E-state index contributed by atoms with van der Waals surface area (Å²) in [7, 11) is 0. The van der Waals surface area contributed by atoms with Gasteiger partial charge in [-0.15, -0.1) is 0 Å². The number of carbonyl (C=O) groups is 2. The van der Waals surface area contributed by atoms with Gasteiger partial charge in [0.1, 0.15) is 11.4 Å². The molecule has 4 rings (SSSR count). The second-order valence-electron chi connectivity index (χ2n) is 8.47. The number of carboxylic acids is 1. The molecule has 0 unspecified atom stereocenters. The lowest BCUT2D eigenvalue weighted by atomic mass is 10.0. The fourth-order valence-electron chi connectivity index (χ4n) is 3.93. The van der Waals surface area contributed by atoms with Crippen molar-refractivity contribution < 1.29 is 37.1 Å². The van der Waals surface area contributed by atoms with Crippen LogP contribution in [0.1, 0.15) is 22.5 Å². The zero-order valence-corrected chi connectivity index (χ0v) is 20.2. The van der Waals surface area contributed by atoms with Crippen molar-refractivity contribution in [3.8, 4) is 22.4 Å². The highest BCUT2D eigenvalue weighted by Gasteiger charge is 2.32. The maximum Gasteiger partial charge on any atom is 0.416 e. The number of aromatic nitrogens is 1. The van der Waals surface area contributed by atoms with E-state index in [0.29, 0.717) is 22.6 Å². The van der Waals surface area contributed by atoms with Crippen LogP contribution in [0.25, 0.3) is 22.4 Å². The van der Waals surface area contributed by atoms with Crippen LogP contribution in [0, 0.1) is 6.92 Å². The Morgan fingerprint density at radius 2 is 1.55 bits per heavy atom. The summed E-state index contributed by atoms with van der Waals surface area (Å²) in [6.45, 7) is 1.36. The molecule has 1 amide bonds. The van der Waals surface area contributed by atoms with Gasteiger partial charge in [0.2, 0.25) is 0 Å². The Morgan fingerprint density at radius 3 is 2.18 bits per heavy atom. The molecule has 0 radical (unpaired) electrons. The molecule has 0 saturated heterocycles. The van der Waals surface area contributed by atoms with Gasteiger partial charge in [-0.1, -0.05) is 71.9 Å². The van der Waals surface area contributed by atoms with Gasteiger partial charge in [0.05, 0.1) is 18.6 Å². The Kier molecular flexibility index (Phi) is 7.80. The first-order valence-corrected chi connectivity index (χ1v) is 11.6. The van der Waals surface area contributed by atoms with Crippen molar-refractivity contribution in [1.82, 2.24) is 5.16 Å². The van der Waals surface area contributed by atoms with Gasteiger partial charge in [-0.2, -0.15) is 13.2 Å². The van der Waals surface area contributed by atoms with Gasteiger partial charge in [0.25, 0.3) is 0 Å². The van der Waals surface area contributed by atoms with Crippen molar-refractivity contribution in [3.05, 3.63) is 95.2 Å². The molecule has 3 aromatic carbocycles. The van der Waals surface area contributed by atoms with Gasteiger partial charge >= 0.3 is 18.2 Å². The van der Waals surface area contributed by atoms with Crippen molar-refractivity contribution in [2.75, 3.05) is 11.9 Å². The normalized spacial score (nSPS) is 11.3. The number of anilines is 1. The van der Waals surface area contributed by atoms with Crippen LogP contribution < -0.4 is 5.32 Å². The van der Waals surface area contributed by atoms with Crippen molar-refractivity contribution in [2.45, 2.75) is 25.9 Å². The molecule has 0 aliphatic heterocycles. The predicted octanol–water partition coefficient (Wildman–Crippen LogP) is 6.75. The molecule has 0 atom stereocenters. The second kappa shape index (κ2) is 11.2. The molecule has 10 heteroatoms. The van der Waals surface area contributed by atoms with E-state index in [1.807, 2.05) is 24.3 Å². The molecule has 196 valence electrons. The molecule has 7 nitrogen and oxygen atoms in total. The van der Waals surface area contributed by atoms with Crippen molar-refractivity contribution >= 4 is 17.7 Å². The van der Waals surface area contributed by atoms with Crippen LogP contribution in [0.15, 0.2) is 77.3 Å². The van der Waals surface area contributed by atoms with Crippen molar-refractivity contribution in [2.24, 2.45) is 0 Å². The molecule has 38 heavy (non-hydrogen) atoms. The van der Waals surface area contributed by atoms with Crippen LogP contribution in [0.4, 0.5) is 23.7 Å². The van der Waals surface area contributed by atoms with Crippen molar-refractivity contribution in [3.63, 3.8) is 0 Å². The number of carboxylic acid groups (broad SMARTS) is 1. The first-order chi connectivity index (χ1) is 18.1. The summed E-state index contributed by atoms with van der Waals surface area (Å²) < 4.78 is 49.8. The predicted molar refractivity (Wildman–Crippen MR) is 134 cm³/mol. The monoisotopic (exact) mass is 524 g/mol. The highest BCUT2D eigenvalue weighted by Crippen LogP contribution is 2.33. The fourth-order valence-corrected chi connectivity index (χ4v) is 3.93. The number of hydrogen-bond donors (Lipinski definition) is 2. The number of rotatable bonds is 8. The van der Waals surface area contributed by atoms with E-state index in [4.69, 9.17) is 14.4 Å². The Balaban J connectivity index is 1.41. The number of amides is 1. The number of aryl methyl sites for hydroxylation is 1. The molecule has 0 bridgehead atoms. The summed E-state index contributed by atoms with van der Waals surface area (Å²) in [4.78, 5) is 23.3. The largest absolute Gasteiger partial charge is 0.481 e.